The number of nitro groups is 1. The average Bonchev–Trinajstić information content (AvgIpc) is 3.10. The Hall–Kier alpha value is -3.48. The van der Waals surface area contributed by atoms with Crippen molar-refractivity contribution in [2.24, 2.45) is 0 Å². The van der Waals surface area contributed by atoms with Crippen LogP contribution in [0.4, 0.5) is 11.4 Å². The largest absolute Gasteiger partial charge is 0.322 e. The van der Waals surface area contributed by atoms with E-state index in [9.17, 15) is 14.9 Å². The second-order valence-electron chi connectivity index (χ2n) is 4.81. The van der Waals surface area contributed by atoms with Gasteiger partial charge in [0.2, 0.25) is 0 Å². The lowest BCUT2D eigenvalue weighted by Crippen LogP contribution is -2.12. The summed E-state index contributed by atoms with van der Waals surface area (Å²) in [6.45, 7) is 0. The maximum Gasteiger partial charge on any atom is 0.270 e. The number of hydrogen-bond acceptors (Lipinski definition) is 4. The topological polar surface area (TPSA) is 101 Å². The molecule has 1 amide bonds. The number of H-pyrrole nitrogens is 1. The summed E-state index contributed by atoms with van der Waals surface area (Å²) in [5, 5.41) is 20.2. The van der Waals surface area contributed by atoms with Gasteiger partial charge in [-0.25, -0.2) is 0 Å². The fourth-order valence-electron chi connectivity index (χ4n) is 2.15. The highest BCUT2D eigenvalue weighted by Gasteiger charge is 2.12. The van der Waals surface area contributed by atoms with Crippen molar-refractivity contribution < 1.29 is 9.72 Å². The van der Waals surface area contributed by atoms with E-state index < -0.39 is 10.8 Å². The summed E-state index contributed by atoms with van der Waals surface area (Å²) in [7, 11) is 0. The average molecular weight is 308 g/mol. The first-order valence-corrected chi connectivity index (χ1v) is 6.79. The first kappa shape index (κ1) is 14.5. The van der Waals surface area contributed by atoms with Gasteiger partial charge in [-0.2, -0.15) is 5.10 Å². The van der Waals surface area contributed by atoms with Crippen LogP contribution in [0.1, 0.15) is 10.4 Å². The Kier molecular flexibility index (Phi) is 3.84. The standard InChI is InChI=1S/C16H12N4O3/c21-16(12-4-2-6-14(10-12)20(22)23)18-13-5-1-3-11(9-13)15-7-8-17-19-15/h1-10H,(H,17,19)(H,18,21). The molecule has 0 unspecified atom stereocenters. The molecular weight excluding hydrogens is 296 g/mol. The van der Waals surface area contributed by atoms with Crippen molar-refractivity contribution in [2.75, 3.05) is 5.32 Å². The zero-order valence-electron chi connectivity index (χ0n) is 11.9. The van der Waals surface area contributed by atoms with E-state index in [1.165, 1.54) is 24.3 Å². The van der Waals surface area contributed by atoms with Crippen LogP contribution in [0, 0.1) is 10.1 Å². The van der Waals surface area contributed by atoms with E-state index in [0.717, 1.165) is 11.3 Å². The monoisotopic (exact) mass is 308 g/mol. The van der Waals surface area contributed by atoms with Crippen molar-refractivity contribution >= 4 is 17.3 Å². The van der Waals surface area contributed by atoms with Gasteiger partial charge in [-0.15, -0.1) is 0 Å². The van der Waals surface area contributed by atoms with E-state index in [4.69, 9.17) is 0 Å². The molecule has 7 nitrogen and oxygen atoms in total. The first-order chi connectivity index (χ1) is 11.1. The quantitative estimate of drug-likeness (QED) is 0.570. The molecule has 114 valence electrons. The second-order valence-corrected chi connectivity index (χ2v) is 4.81. The number of non-ortho nitro benzene ring substituents is 1. The Morgan fingerprint density at radius 2 is 1.96 bits per heavy atom. The van der Waals surface area contributed by atoms with Gasteiger partial charge < -0.3 is 5.32 Å². The van der Waals surface area contributed by atoms with E-state index in [2.05, 4.69) is 15.5 Å². The number of aromatic amines is 1. The Balaban J connectivity index is 1.82. The Morgan fingerprint density at radius 3 is 2.70 bits per heavy atom. The molecule has 0 fully saturated rings. The molecule has 3 aromatic rings. The van der Waals surface area contributed by atoms with Gasteiger partial charge in [-0.05, 0) is 24.3 Å². The minimum Gasteiger partial charge on any atom is -0.322 e. The van der Waals surface area contributed by atoms with Crippen LogP contribution < -0.4 is 5.32 Å². The molecule has 0 saturated heterocycles. The molecule has 3 rings (SSSR count). The highest BCUT2D eigenvalue weighted by atomic mass is 16.6. The zero-order chi connectivity index (χ0) is 16.2. The van der Waals surface area contributed by atoms with Crippen LogP contribution in [0.2, 0.25) is 0 Å². The van der Waals surface area contributed by atoms with Crippen LogP contribution in [0.25, 0.3) is 11.3 Å². The molecule has 7 heteroatoms. The zero-order valence-corrected chi connectivity index (χ0v) is 11.9. The Morgan fingerprint density at radius 1 is 1.13 bits per heavy atom. The molecule has 0 aliphatic carbocycles. The number of hydrogen-bond donors (Lipinski definition) is 2. The Labute approximate surface area is 131 Å². The molecule has 0 aliphatic rings. The maximum absolute atomic E-state index is 12.2. The van der Waals surface area contributed by atoms with E-state index in [-0.39, 0.29) is 11.3 Å². The van der Waals surface area contributed by atoms with E-state index in [1.807, 2.05) is 12.1 Å². The number of nitrogens with zero attached hydrogens (tertiary/aromatic N) is 2. The molecule has 0 aliphatic heterocycles. The van der Waals surface area contributed by atoms with E-state index in [1.54, 1.807) is 24.4 Å². The summed E-state index contributed by atoms with van der Waals surface area (Å²) in [6, 6.07) is 14.6. The third-order valence-electron chi connectivity index (χ3n) is 3.25. The third-order valence-corrected chi connectivity index (χ3v) is 3.25. The third kappa shape index (κ3) is 3.24. The van der Waals surface area contributed by atoms with Crippen LogP contribution in [0.5, 0.6) is 0 Å². The fourth-order valence-corrected chi connectivity index (χ4v) is 2.15. The summed E-state index contributed by atoms with van der Waals surface area (Å²) in [4.78, 5) is 22.5. The fraction of sp³-hybridized carbons (Fsp3) is 0. The lowest BCUT2D eigenvalue weighted by Gasteiger charge is -2.07. The molecular formula is C16H12N4O3. The molecule has 2 N–H and O–H groups in total. The lowest BCUT2D eigenvalue weighted by molar-refractivity contribution is -0.384. The molecule has 23 heavy (non-hydrogen) atoms. The molecule has 0 spiro atoms. The van der Waals surface area contributed by atoms with Crippen molar-refractivity contribution in [1.82, 2.24) is 10.2 Å². The second kappa shape index (κ2) is 6.10. The van der Waals surface area contributed by atoms with Crippen LogP contribution in [0.15, 0.2) is 60.8 Å². The van der Waals surface area contributed by atoms with E-state index in [0.29, 0.717) is 5.69 Å². The molecule has 0 saturated carbocycles. The maximum atomic E-state index is 12.2. The van der Waals surface area contributed by atoms with Crippen molar-refractivity contribution in [2.45, 2.75) is 0 Å². The summed E-state index contributed by atoms with van der Waals surface area (Å²) in [5.74, 6) is -0.407. The van der Waals surface area contributed by atoms with Gasteiger partial charge in [0.15, 0.2) is 0 Å². The van der Waals surface area contributed by atoms with Crippen molar-refractivity contribution in [3.63, 3.8) is 0 Å². The van der Waals surface area contributed by atoms with E-state index >= 15 is 0 Å². The SMILES string of the molecule is O=C(Nc1cccc(-c2ccn[nH]2)c1)c1cccc([N+](=O)[O-])c1. The van der Waals surface area contributed by atoms with Gasteiger partial charge in [0.05, 0.1) is 10.6 Å². The van der Waals surface area contributed by atoms with Gasteiger partial charge in [-0.1, -0.05) is 18.2 Å². The highest BCUT2D eigenvalue weighted by molar-refractivity contribution is 6.04. The van der Waals surface area contributed by atoms with Crippen molar-refractivity contribution in [1.29, 1.82) is 0 Å². The number of benzene rings is 2. The summed E-state index contributed by atoms with van der Waals surface area (Å²) in [5.41, 5.74) is 2.40. The molecule has 2 aromatic carbocycles. The van der Waals surface area contributed by atoms with Gasteiger partial charge in [0.25, 0.3) is 11.6 Å². The molecule has 0 bridgehead atoms. The number of nitro benzene ring substituents is 1. The van der Waals surface area contributed by atoms with Gasteiger partial charge in [0, 0.05) is 35.1 Å². The number of anilines is 1. The molecule has 0 atom stereocenters. The first-order valence-electron chi connectivity index (χ1n) is 6.79. The number of carbonyl (C=O) groups excluding carboxylic acids is 1. The summed E-state index contributed by atoms with van der Waals surface area (Å²) < 4.78 is 0. The lowest BCUT2D eigenvalue weighted by atomic mass is 10.1. The van der Waals surface area contributed by atoms with Gasteiger partial charge in [-0.3, -0.25) is 20.0 Å². The normalized spacial score (nSPS) is 10.3. The molecule has 0 radical (unpaired) electrons. The van der Waals surface area contributed by atoms with Crippen molar-refractivity contribution in [3.05, 3.63) is 76.5 Å². The van der Waals surface area contributed by atoms with Gasteiger partial charge >= 0.3 is 0 Å². The minimum atomic E-state index is -0.532. The number of amides is 1. The Bertz CT molecular complexity index is 859. The predicted molar refractivity (Wildman–Crippen MR) is 85.1 cm³/mol. The smallest absolute Gasteiger partial charge is 0.270 e. The number of nitrogens with one attached hydrogen (secondary N) is 2. The van der Waals surface area contributed by atoms with Crippen LogP contribution in [0.3, 0.4) is 0 Å². The highest BCUT2D eigenvalue weighted by Crippen LogP contribution is 2.21. The van der Waals surface area contributed by atoms with Crippen molar-refractivity contribution in [3.8, 4) is 11.3 Å². The number of rotatable bonds is 4. The molecule has 1 aromatic heterocycles. The number of aromatic nitrogens is 2. The predicted octanol–water partition coefficient (Wildman–Crippen LogP) is 3.24. The minimum absolute atomic E-state index is 0.121. The number of carbonyl (C=O) groups is 1. The molecule has 1 heterocycles. The van der Waals surface area contributed by atoms with Crippen LogP contribution in [-0.2, 0) is 0 Å². The summed E-state index contributed by atoms with van der Waals surface area (Å²) >= 11 is 0. The van der Waals surface area contributed by atoms with Crippen LogP contribution >= 0.6 is 0 Å². The van der Waals surface area contributed by atoms with Gasteiger partial charge in [0.1, 0.15) is 0 Å². The van der Waals surface area contributed by atoms with Crippen LogP contribution in [-0.4, -0.2) is 21.0 Å². The summed E-state index contributed by atoms with van der Waals surface area (Å²) in [6.07, 6.45) is 1.64.